The van der Waals surface area contributed by atoms with E-state index in [2.05, 4.69) is 17.2 Å². The van der Waals surface area contributed by atoms with Gasteiger partial charge in [0.25, 0.3) is 0 Å². The highest BCUT2D eigenvalue weighted by Gasteiger charge is 2.34. The third kappa shape index (κ3) is 2.43. The summed E-state index contributed by atoms with van der Waals surface area (Å²) >= 11 is 0. The summed E-state index contributed by atoms with van der Waals surface area (Å²) in [6.45, 7) is 2.20. The van der Waals surface area contributed by atoms with Crippen LogP contribution < -0.4 is 0 Å². The molecule has 0 aliphatic heterocycles. The van der Waals surface area contributed by atoms with E-state index in [4.69, 9.17) is 0 Å². The van der Waals surface area contributed by atoms with Gasteiger partial charge in [-0.25, -0.2) is 0 Å². The van der Waals surface area contributed by atoms with Crippen molar-refractivity contribution in [2.24, 2.45) is 12.5 Å². The van der Waals surface area contributed by atoms with Crippen LogP contribution in [0.4, 0.5) is 0 Å². The molecule has 90 valence electrons. The van der Waals surface area contributed by atoms with Crippen molar-refractivity contribution in [2.75, 3.05) is 0 Å². The second kappa shape index (κ2) is 4.53. The molecule has 0 radical (unpaired) electrons. The van der Waals surface area contributed by atoms with E-state index in [0.717, 1.165) is 18.5 Å². The minimum absolute atomic E-state index is 0.0791. The lowest BCUT2D eigenvalue weighted by molar-refractivity contribution is 0.00976. The first kappa shape index (κ1) is 11.6. The lowest BCUT2D eigenvalue weighted by atomic mass is 9.71. The molecule has 0 saturated heterocycles. The first-order valence-corrected chi connectivity index (χ1v) is 6.13. The van der Waals surface area contributed by atoms with Gasteiger partial charge in [0, 0.05) is 19.7 Å². The minimum atomic E-state index is -0.288. The van der Waals surface area contributed by atoms with Crippen molar-refractivity contribution in [3.05, 3.63) is 11.9 Å². The van der Waals surface area contributed by atoms with Crippen molar-refractivity contribution in [1.29, 1.82) is 0 Å². The quantitative estimate of drug-likeness (QED) is 0.848. The number of hydrogen-bond donors (Lipinski definition) is 1. The Hall–Kier alpha value is -0.900. The first-order valence-electron chi connectivity index (χ1n) is 6.13. The fraction of sp³-hybridized carbons (Fsp3) is 0.833. The summed E-state index contributed by atoms with van der Waals surface area (Å²) in [7, 11) is 1.85. The molecule has 1 aliphatic rings. The van der Waals surface area contributed by atoms with Gasteiger partial charge in [-0.1, -0.05) is 31.4 Å². The van der Waals surface area contributed by atoms with Gasteiger partial charge >= 0.3 is 0 Å². The average molecular weight is 223 g/mol. The summed E-state index contributed by atoms with van der Waals surface area (Å²) in [5, 5.41) is 18.2. The zero-order valence-electron chi connectivity index (χ0n) is 10.2. The number of rotatable bonds is 3. The van der Waals surface area contributed by atoms with Crippen LogP contribution in [0, 0.1) is 5.41 Å². The molecule has 1 unspecified atom stereocenters. The summed E-state index contributed by atoms with van der Waals surface area (Å²) in [5.41, 5.74) is 0.970. The van der Waals surface area contributed by atoms with Gasteiger partial charge < -0.3 is 5.11 Å². The van der Waals surface area contributed by atoms with E-state index in [9.17, 15) is 5.11 Å². The molecule has 1 aliphatic carbocycles. The van der Waals surface area contributed by atoms with E-state index in [0.29, 0.717) is 6.42 Å². The lowest BCUT2D eigenvalue weighted by Gasteiger charge is -2.37. The van der Waals surface area contributed by atoms with Gasteiger partial charge in [-0.2, -0.15) is 0 Å². The Morgan fingerprint density at radius 2 is 2.12 bits per heavy atom. The normalized spacial score (nSPS) is 21.9. The molecule has 1 atom stereocenters. The number of aliphatic hydroxyl groups is 1. The van der Waals surface area contributed by atoms with Gasteiger partial charge in [0.2, 0.25) is 0 Å². The van der Waals surface area contributed by atoms with Crippen molar-refractivity contribution >= 4 is 0 Å². The van der Waals surface area contributed by atoms with Crippen LogP contribution in [0.15, 0.2) is 6.20 Å². The number of aromatic nitrogens is 3. The Labute approximate surface area is 96.7 Å². The zero-order valence-corrected chi connectivity index (χ0v) is 10.2. The van der Waals surface area contributed by atoms with Crippen molar-refractivity contribution in [2.45, 2.75) is 51.6 Å². The molecular formula is C12H21N3O. The van der Waals surface area contributed by atoms with Crippen molar-refractivity contribution in [3.63, 3.8) is 0 Å². The smallest absolute Gasteiger partial charge is 0.0852 e. The molecule has 4 nitrogen and oxygen atoms in total. The number of aryl methyl sites for hydroxylation is 1. The molecule has 4 heteroatoms. The molecule has 1 fully saturated rings. The molecule has 0 bridgehead atoms. The van der Waals surface area contributed by atoms with Crippen molar-refractivity contribution in [3.8, 4) is 0 Å². The highest BCUT2D eigenvalue weighted by atomic mass is 16.3. The van der Waals surface area contributed by atoms with E-state index in [1.807, 2.05) is 13.2 Å². The number of aliphatic hydroxyl groups excluding tert-OH is 1. The second-order valence-electron chi connectivity index (χ2n) is 5.32. The Morgan fingerprint density at radius 1 is 1.44 bits per heavy atom. The molecule has 1 saturated carbocycles. The molecule has 16 heavy (non-hydrogen) atoms. The standard InChI is InChI=1S/C12H21N3O/c1-12(6-4-3-5-7-12)11(16)8-10-9-15(2)14-13-10/h9,11,16H,3-8H2,1-2H3. The third-order valence-electron chi connectivity index (χ3n) is 3.85. The van der Waals surface area contributed by atoms with E-state index >= 15 is 0 Å². The largest absolute Gasteiger partial charge is 0.392 e. The summed E-state index contributed by atoms with van der Waals surface area (Å²) in [5.74, 6) is 0. The lowest BCUT2D eigenvalue weighted by Crippen LogP contribution is -2.36. The molecule has 0 spiro atoms. The molecule has 1 heterocycles. The first-order chi connectivity index (χ1) is 7.60. The Kier molecular flexibility index (Phi) is 3.28. The van der Waals surface area contributed by atoms with Crippen LogP contribution in [0.3, 0.4) is 0 Å². The van der Waals surface area contributed by atoms with Gasteiger partial charge in [0.15, 0.2) is 0 Å². The van der Waals surface area contributed by atoms with Gasteiger partial charge in [0.05, 0.1) is 11.8 Å². The summed E-state index contributed by atoms with van der Waals surface area (Å²) < 4.78 is 1.69. The molecular weight excluding hydrogens is 202 g/mol. The summed E-state index contributed by atoms with van der Waals surface area (Å²) in [6, 6.07) is 0. The van der Waals surface area contributed by atoms with Crippen LogP contribution in [0.25, 0.3) is 0 Å². The highest BCUT2D eigenvalue weighted by Crippen LogP contribution is 2.39. The Balaban J connectivity index is 1.98. The molecule has 2 rings (SSSR count). The van der Waals surface area contributed by atoms with Crippen LogP contribution >= 0.6 is 0 Å². The summed E-state index contributed by atoms with van der Waals surface area (Å²) in [6.07, 6.45) is 8.29. The molecule has 1 aromatic heterocycles. The van der Waals surface area contributed by atoms with E-state index in [1.54, 1.807) is 4.68 Å². The second-order valence-corrected chi connectivity index (χ2v) is 5.32. The van der Waals surface area contributed by atoms with Crippen molar-refractivity contribution in [1.82, 2.24) is 15.0 Å². The van der Waals surface area contributed by atoms with Crippen LogP contribution in [0.2, 0.25) is 0 Å². The molecule has 1 N–H and O–H groups in total. The highest BCUT2D eigenvalue weighted by molar-refractivity contribution is 4.98. The minimum Gasteiger partial charge on any atom is -0.392 e. The van der Waals surface area contributed by atoms with E-state index < -0.39 is 0 Å². The van der Waals surface area contributed by atoms with Crippen LogP contribution in [0.5, 0.6) is 0 Å². The maximum atomic E-state index is 10.3. The van der Waals surface area contributed by atoms with Gasteiger partial charge in [-0.05, 0) is 18.3 Å². The van der Waals surface area contributed by atoms with Gasteiger partial charge in [0.1, 0.15) is 0 Å². The number of nitrogens with zero attached hydrogens (tertiary/aromatic N) is 3. The SMILES string of the molecule is Cn1cc(CC(O)C2(C)CCCCC2)nn1. The van der Waals surface area contributed by atoms with E-state index in [-0.39, 0.29) is 11.5 Å². The average Bonchev–Trinajstić information content (AvgIpc) is 2.65. The van der Waals surface area contributed by atoms with Crippen LogP contribution in [-0.4, -0.2) is 26.2 Å². The molecule has 1 aromatic rings. The Bertz CT molecular complexity index is 342. The zero-order chi connectivity index (χ0) is 11.6. The fourth-order valence-corrected chi connectivity index (χ4v) is 2.63. The predicted molar refractivity (Wildman–Crippen MR) is 61.9 cm³/mol. The maximum absolute atomic E-state index is 10.3. The number of hydrogen-bond acceptors (Lipinski definition) is 3. The van der Waals surface area contributed by atoms with Gasteiger partial charge in [-0.15, -0.1) is 5.10 Å². The van der Waals surface area contributed by atoms with Crippen LogP contribution in [0.1, 0.15) is 44.7 Å². The van der Waals surface area contributed by atoms with Crippen LogP contribution in [-0.2, 0) is 13.5 Å². The topological polar surface area (TPSA) is 50.9 Å². The Morgan fingerprint density at radius 3 is 2.69 bits per heavy atom. The fourth-order valence-electron chi connectivity index (χ4n) is 2.63. The maximum Gasteiger partial charge on any atom is 0.0852 e. The predicted octanol–water partition coefficient (Wildman–Crippen LogP) is 1.69. The third-order valence-corrected chi connectivity index (χ3v) is 3.85. The monoisotopic (exact) mass is 223 g/mol. The van der Waals surface area contributed by atoms with Gasteiger partial charge in [-0.3, -0.25) is 4.68 Å². The summed E-state index contributed by atoms with van der Waals surface area (Å²) in [4.78, 5) is 0. The van der Waals surface area contributed by atoms with E-state index in [1.165, 1.54) is 19.3 Å². The molecule has 0 aromatic carbocycles. The molecule has 0 amide bonds. The van der Waals surface area contributed by atoms with Crippen molar-refractivity contribution < 1.29 is 5.11 Å².